The maximum absolute atomic E-state index is 5.73. The lowest BCUT2D eigenvalue weighted by Crippen LogP contribution is -2.42. The van der Waals surface area contributed by atoms with Crippen molar-refractivity contribution in [2.75, 3.05) is 39.8 Å². The van der Waals surface area contributed by atoms with Crippen LogP contribution in [0.15, 0.2) is 0 Å². The van der Waals surface area contributed by atoms with Crippen LogP contribution in [0.5, 0.6) is 0 Å². The second-order valence-corrected chi connectivity index (χ2v) is 4.04. The molecule has 1 N–H and O–H groups in total. The second kappa shape index (κ2) is 7.21. The van der Waals surface area contributed by atoms with Gasteiger partial charge in [-0.1, -0.05) is 6.92 Å². The third-order valence-corrected chi connectivity index (χ3v) is 2.72. The van der Waals surface area contributed by atoms with Crippen molar-refractivity contribution in [1.82, 2.24) is 10.2 Å². The number of nitrogens with one attached hydrogen (secondary N) is 1. The zero-order chi connectivity index (χ0) is 10.2. The number of ether oxygens (including phenoxy) is 1. The van der Waals surface area contributed by atoms with Crippen LogP contribution in [0.2, 0.25) is 0 Å². The van der Waals surface area contributed by atoms with Crippen molar-refractivity contribution in [3.8, 4) is 0 Å². The normalized spacial score (nSPS) is 24.0. The van der Waals surface area contributed by atoms with Crippen molar-refractivity contribution >= 4 is 0 Å². The number of morpholine rings is 1. The molecule has 1 rings (SSSR count). The fourth-order valence-corrected chi connectivity index (χ4v) is 1.98. The predicted molar refractivity (Wildman–Crippen MR) is 59.6 cm³/mol. The van der Waals surface area contributed by atoms with Crippen LogP contribution in [-0.4, -0.2) is 50.8 Å². The Labute approximate surface area is 87.8 Å². The molecule has 0 aromatic rings. The summed E-state index contributed by atoms with van der Waals surface area (Å²) >= 11 is 0. The summed E-state index contributed by atoms with van der Waals surface area (Å²) in [4.78, 5) is 2.52. The Kier molecular flexibility index (Phi) is 6.15. The molecule has 3 heteroatoms. The first-order valence-corrected chi connectivity index (χ1v) is 5.85. The lowest BCUT2D eigenvalue weighted by Gasteiger charge is -2.32. The Morgan fingerprint density at radius 2 is 2.36 bits per heavy atom. The molecule has 0 spiro atoms. The van der Waals surface area contributed by atoms with Crippen LogP contribution in [0.3, 0.4) is 0 Å². The van der Waals surface area contributed by atoms with E-state index in [1.54, 1.807) is 0 Å². The van der Waals surface area contributed by atoms with Gasteiger partial charge in [-0.3, -0.25) is 4.90 Å². The summed E-state index contributed by atoms with van der Waals surface area (Å²) < 4.78 is 5.73. The molecule has 0 aromatic carbocycles. The van der Waals surface area contributed by atoms with Crippen LogP contribution in [0.4, 0.5) is 0 Å². The molecule has 1 atom stereocenters. The molecule has 84 valence electrons. The number of hydrogen-bond acceptors (Lipinski definition) is 3. The van der Waals surface area contributed by atoms with Crippen LogP contribution < -0.4 is 5.32 Å². The Morgan fingerprint density at radius 3 is 3.07 bits per heavy atom. The minimum Gasteiger partial charge on any atom is -0.376 e. The topological polar surface area (TPSA) is 24.5 Å². The second-order valence-electron chi connectivity index (χ2n) is 4.04. The molecular formula is C11H24N2O. The van der Waals surface area contributed by atoms with Gasteiger partial charge < -0.3 is 10.1 Å². The molecule has 0 aromatic heterocycles. The van der Waals surface area contributed by atoms with E-state index in [1.165, 1.54) is 25.8 Å². The first kappa shape index (κ1) is 12.0. The Morgan fingerprint density at radius 1 is 1.50 bits per heavy atom. The summed E-state index contributed by atoms with van der Waals surface area (Å²) in [7, 11) is 2.01. The largest absolute Gasteiger partial charge is 0.376 e. The molecule has 0 amide bonds. The highest BCUT2D eigenvalue weighted by Gasteiger charge is 2.18. The van der Waals surface area contributed by atoms with Crippen molar-refractivity contribution in [3.05, 3.63) is 0 Å². The van der Waals surface area contributed by atoms with E-state index in [-0.39, 0.29) is 0 Å². The fourth-order valence-electron chi connectivity index (χ4n) is 1.98. The van der Waals surface area contributed by atoms with Crippen molar-refractivity contribution in [3.63, 3.8) is 0 Å². The van der Waals surface area contributed by atoms with Gasteiger partial charge in [0.2, 0.25) is 0 Å². The first-order valence-electron chi connectivity index (χ1n) is 5.85. The van der Waals surface area contributed by atoms with Gasteiger partial charge >= 0.3 is 0 Å². The Bertz CT molecular complexity index is 139. The van der Waals surface area contributed by atoms with E-state index in [4.69, 9.17) is 4.74 Å². The molecular weight excluding hydrogens is 176 g/mol. The molecule has 0 radical (unpaired) electrons. The lowest BCUT2D eigenvalue weighted by molar-refractivity contribution is -0.0324. The zero-order valence-electron chi connectivity index (χ0n) is 9.59. The summed E-state index contributed by atoms with van der Waals surface area (Å²) in [6, 6.07) is 0. The van der Waals surface area contributed by atoms with Gasteiger partial charge in [0, 0.05) is 13.1 Å². The van der Waals surface area contributed by atoms with Gasteiger partial charge in [-0.25, -0.2) is 0 Å². The summed E-state index contributed by atoms with van der Waals surface area (Å²) in [6.45, 7) is 7.75. The molecule has 0 saturated carbocycles. The number of rotatable bonds is 6. The Hall–Kier alpha value is -0.120. The van der Waals surface area contributed by atoms with Crippen molar-refractivity contribution in [2.24, 2.45) is 0 Å². The summed E-state index contributed by atoms with van der Waals surface area (Å²) in [6.07, 6.45) is 4.15. The van der Waals surface area contributed by atoms with Crippen molar-refractivity contribution in [1.29, 1.82) is 0 Å². The quantitative estimate of drug-likeness (QED) is 0.650. The summed E-state index contributed by atoms with van der Waals surface area (Å²) in [5.41, 5.74) is 0. The van der Waals surface area contributed by atoms with Gasteiger partial charge in [0.25, 0.3) is 0 Å². The summed E-state index contributed by atoms with van der Waals surface area (Å²) in [5.74, 6) is 0. The molecule has 0 aliphatic carbocycles. The van der Waals surface area contributed by atoms with Crippen LogP contribution in [0.25, 0.3) is 0 Å². The third kappa shape index (κ3) is 4.40. The van der Waals surface area contributed by atoms with Crippen molar-refractivity contribution < 1.29 is 4.74 Å². The maximum atomic E-state index is 5.73. The average molecular weight is 200 g/mol. The standard InChI is InChI=1S/C11H24N2O/c1-3-7-13-8-9-14-11(10-13)5-4-6-12-2/h11-12H,3-10H2,1-2H3/t11-/m0/s1. The van der Waals surface area contributed by atoms with E-state index in [2.05, 4.69) is 17.1 Å². The monoisotopic (exact) mass is 200 g/mol. The maximum Gasteiger partial charge on any atom is 0.0703 e. The van der Waals surface area contributed by atoms with E-state index in [1.807, 2.05) is 7.05 Å². The van der Waals surface area contributed by atoms with Crippen LogP contribution >= 0.6 is 0 Å². The summed E-state index contributed by atoms with van der Waals surface area (Å²) in [5, 5.41) is 3.17. The van der Waals surface area contributed by atoms with E-state index < -0.39 is 0 Å². The van der Waals surface area contributed by atoms with Gasteiger partial charge in [0.1, 0.15) is 0 Å². The van der Waals surface area contributed by atoms with Gasteiger partial charge in [-0.05, 0) is 39.4 Å². The fraction of sp³-hybridized carbons (Fsp3) is 1.00. The van der Waals surface area contributed by atoms with Gasteiger partial charge in [0.05, 0.1) is 12.7 Å². The predicted octanol–water partition coefficient (Wildman–Crippen LogP) is 1.10. The van der Waals surface area contributed by atoms with Crippen molar-refractivity contribution in [2.45, 2.75) is 32.3 Å². The molecule has 14 heavy (non-hydrogen) atoms. The minimum atomic E-state index is 0.476. The van der Waals surface area contributed by atoms with Gasteiger partial charge in [0.15, 0.2) is 0 Å². The SMILES string of the molecule is CCCN1CCO[C@@H](CCCNC)C1. The van der Waals surface area contributed by atoms with Gasteiger partial charge in [-0.15, -0.1) is 0 Å². The zero-order valence-corrected chi connectivity index (χ0v) is 9.59. The molecule has 0 unspecified atom stereocenters. The highest BCUT2D eigenvalue weighted by molar-refractivity contribution is 4.71. The smallest absolute Gasteiger partial charge is 0.0703 e. The highest BCUT2D eigenvalue weighted by Crippen LogP contribution is 2.10. The van der Waals surface area contributed by atoms with E-state index in [0.717, 1.165) is 26.2 Å². The van der Waals surface area contributed by atoms with E-state index in [0.29, 0.717) is 6.10 Å². The molecule has 1 fully saturated rings. The highest BCUT2D eigenvalue weighted by atomic mass is 16.5. The number of hydrogen-bond donors (Lipinski definition) is 1. The third-order valence-electron chi connectivity index (χ3n) is 2.72. The molecule has 1 saturated heterocycles. The average Bonchev–Trinajstić information content (AvgIpc) is 2.19. The van der Waals surface area contributed by atoms with Crippen LogP contribution in [-0.2, 0) is 4.74 Å². The van der Waals surface area contributed by atoms with Crippen LogP contribution in [0.1, 0.15) is 26.2 Å². The minimum absolute atomic E-state index is 0.476. The molecule has 3 nitrogen and oxygen atoms in total. The molecule has 1 aliphatic rings. The van der Waals surface area contributed by atoms with Gasteiger partial charge in [-0.2, -0.15) is 0 Å². The lowest BCUT2D eigenvalue weighted by atomic mass is 10.1. The first-order chi connectivity index (χ1) is 6.86. The number of nitrogens with zero attached hydrogens (tertiary/aromatic N) is 1. The molecule has 1 aliphatic heterocycles. The van der Waals surface area contributed by atoms with Crippen LogP contribution in [0, 0.1) is 0 Å². The molecule has 1 heterocycles. The van der Waals surface area contributed by atoms with E-state index >= 15 is 0 Å². The van der Waals surface area contributed by atoms with E-state index in [9.17, 15) is 0 Å². The Balaban J connectivity index is 2.12. The molecule has 0 bridgehead atoms.